The molecule has 0 bridgehead atoms. The van der Waals surface area contributed by atoms with E-state index < -0.39 is 23.7 Å². The van der Waals surface area contributed by atoms with E-state index in [1.807, 2.05) is 4.90 Å². The molecule has 1 unspecified atom stereocenters. The van der Waals surface area contributed by atoms with Gasteiger partial charge in [-0.25, -0.2) is 0 Å². The quantitative estimate of drug-likeness (QED) is 0.686. The number of likely N-dealkylation sites (tertiary alicyclic amines) is 1. The molecule has 1 rings (SSSR count). The highest BCUT2D eigenvalue weighted by atomic mass is 16.4. The van der Waals surface area contributed by atoms with Gasteiger partial charge in [-0.1, -0.05) is 0 Å². The maximum atomic E-state index is 11.4. The minimum absolute atomic E-state index is 0.413. The number of piperidine rings is 1. The third kappa shape index (κ3) is 4.08. The number of nitrogens with two attached hydrogens (primary N) is 1. The van der Waals surface area contributed by atoms with Gasteiger partial charge < -0.3 is 15.7 Å². The number of carboxylic acids is 1. The predicted octanol–water partition coefficient (Wildman–Crippen LogP) is 0.194. The SMILES string of the molecule is CC(=O)C(N)(C#CN1CCCCC1)CC(=O)O. The van der Waals surface area contributed by atoms with Gasteiger partial charge in [0.05, 0.1) is 6.42 Å². The van der Waals surface area contributed by atoms with Crippen molar-refractivity contribution in [3.63, 3.8) is 0 Å². The van der Waals surface area contributed by atoms with Crippen molar-refractivity contribution in [1.29, 1.82) is 0 Å². The van der Waals surface area contributed by atoms with Crippen LogP contribution in [0.5, 0.6) is 0 Å². The van der Waals surface area contributed by atoms with Gasteiger partial charge in [-0.15, -0.1) is 0 Å². The Morgan fingerprint density at radius 2 is 1.94 bits per heavy atom. The molecule has 0 aliphatic carbocycles. The molecule has 0 aromatic carbocycles. The molecule has 5 heteroatoms. The number of nitrogens with zero attached hydrogens (tertiary/aromatic N) is 1. The van der Waals surface area contributed by atoms with Crippen molar-refractivity contribution in [2.75, 3.05) is 13.1 Å². The number of ketones is 1. The van der Waals surface area contributed by atoms with E-state index in [2.05, 4.69) is 12.0 Å². The van der Waals surface area contributed by atoms with Crippen LogP contribution < -0.4 is 5.73 Å². The Kier molecular flexibility index (Phi) is 4.53. The van der Waals surface area contributed by atoms with Crippen LogP contribution in [-0.2, 0) is 9.59 Å². The van der Waals surface area contributed by atoms with E-state index in [4.69, 9.17) is 10.8 Å². The van der Waals surface area contributed by atoms with E-state index in [-0.39, 0.29) is 0 Å². The molecule has 94 valence electrons. The first-order chi connectivity index (χ1) is 7.94. The van der Waals surface area contributed by atoms with Gasteiger partial charge in [0, 0.05) is 19.1 Å². The zero-order valence-corrected chi connectivity index (χ0v) is 10.0. The molecular formula is C12H18N2O3. The molecule has 1 saturated heterocycles. The van der Waals surface area contributed by atoms with Gasteiger partial charge in [-0.2, -0.15) is 0 Å². The standard InChI is InChI=1S/C12H18N2O3/c1-10(15)12(13,9-11(16)17)5-8-14-6-3-2-4-7-14/h2-4,6-7,9,13H2,1H3,(H,16,17). The maximum absolute atomic E-state index is 11.4. The lowest BCUT2D eigenvalue weighted by Gasteiger charge is -2.23. The first-order valence-electron chi connectivity index (χ1n) is 5.73. The fourth-order valence-corrected chi connectivity index (χ4v) is 1.68. The molecule has 1 aliphatic rings. The van der Waals surface area contributed by atoms with Gasteiger partial charge in [-0.05, 0) is 32.1 Å². The second-order valence-electron chi connectivity index (χ2n) is 4.38. The Morgan fingerprint density at radius 3 is 2.41 bits per heavy atom. The number of aliphatic carboxylic acids is 1. The summed E-state index contributed by atoms with van der Waals surface area (Å²) >= 11 is 0. The highest BCUT2D eigenvalue weighted by Crippen LogP contribution is 2.10. The number of carbonyl (C=O) groups excluding carboxylic acids is 1. The lowest BCUT2D eigenvalue weighted by molar-refractivity contribution is -0.140. The molecular weight excluding hydrogens is 220 g/mol. The van der Waals surface area contributed by atoms with E-state index in [1.165, 1.54) is 13.3 Å². The van der Waals surface area contributed by atoms with Gasteiger partial charge in [0.15, 0.2) is 5.78 Å². The molecule has 1 atom stereocenters. The summed E-state index contributed by atoms with van der Waals surface area (Å²) in [6.45, 7) is 2.98. The summed E-state index contributed by atoms with van der Waals surface area (Å²) in [5.41, 5.74) is 4.16. The number of hydrogen-bond donors (Lipinski definition) is 2. The number of hydrogen-bond acceptors (Lipinski definition) is 4. The zero-order valence-electron chi connectivity index (χ0n) is 10.0. The maximum Gasteiger partial charge on any atom is 0.306 e. The summed E-state index contributed by atoms with van der Waals surface area (Å²) in [6.07, 6.45) is 2.88. The van der Waals surface area contributed by atoms with Crippen molar-refractivity contribution in [2.24, 2.45) is 5.73 Å². The molecule has 0 amide bonds. The van der Waals surface area contributed by atoms with Crippen LogP contribution in [-0.4, -0.2) is 40.4 Å². The van der Waals surface area contributed by atoms with Crippen molar-refractivity contribution in [1.82, 2.24) is 4.90 Å². The van der Waals surface area contributed by atoms with Crippen LogP contribution in [0.4, 0.5) is 0 Å². The Labute approximate surface area is 101 Å². The Balaban J connectivity index is 2.75. The van der Waals surface area contributed by atoms with Crippen molar-refractivity contribution < 1.29 is 14.7 Å². The fraction of sp³-hybridized carbons (Fsp3) is 0.667. The third-order valence-electron chi connectivity index (χ3n) is 2.85. The van der Waals surface area contributed by atoms with Crippen LogP contribution >= 0.6 is 0 Å². The van der Waals surface area contributed by atoms with E-state index in [1.54, 1.807) is 0 Å². The molecule has 0 aromatic rings. The molecule has 3 N–H and O–H groups in total. The Morgan fingerprint density at radius 1 is 1.35 bits per heavy atom. The summed E-state index contributed by atoms with van der Waals surface area (Å²) in [5.74, 6) is 1.09. The smallest absolute Gasteiger partial charge is 0.306 e. The fourth-order valence-electron chi connectivity index (χ4n) is 1.68. The largest absolute Gasteiger partial charge is 0.481 e. The molecule has 0 aromatic heterocycles. The van der Waals surface area contributed by atoms with Gasteiger partial charge in [0.25, 0.3) is 0 Å². The average Bonchev–Trinajstić information content (AvgIpc) is 2.27. The molecule has 1 heterocycles. The van der Waals surface area contributed by atoms with Crippen LogP contribution in [0.25, 0.3) is 0 Å². The lowest BCUT2D eigenvalue weighted by Crippen LogP contribution is -2.47. The zero-order chi connectivity index (χ0) is 12.9. The van der Waals surface area contributed by atoms with Crippen LogP contribution in [0.1, 0.15) is 32.6 Å². The van der Waals surface area contributed by atoms with Crippen molar-refractivity contribution in [2.45, 2.75) is 38.1 Å². The molecule has 17 heavy (non-hydrogen) atoms. The monoisotopic (exact) mass is 238 g/mol. The summed E-state index contributed by atoms with van der Waals surface area (Å²) in [4.78, 5) is 23.9. The minimum atomic E-state index is -1.57. The van der Waals surface area contributed by atoms with Crippen molar-refractivity contribution in [3.05, 3.63) is 0 Å². The van der Waals surface area contributed by atoms with E-state index in [0.717, 1.165) is 25.9 Å². The third-order valence-corrected chi connectivity index (χ3v) is 2.85. The van der Waals surface area contributed by atoms with Crippen molar-refractivity contribution in [3.8, 4) is 12.0 Å². The van der Waals surface area contributed by atoms with Crippen LogP contribution in [0, 0.1) is 12.0 Å². The lowest BCUT2D eigenvalue weighted by atomic mass is 9.93. The van der Waals surface area contributed by atoms with Crippen LogP contribution in [0.15, 0.2) is 0 Å². The van der Waals surface area contributed by atoms with E-state index in [0.29, 0.717) is 0 Å². The summed E-state index contributed by atoms with van der Waals surface area (Å²) in [6, 6.07) is 2.82. The first kappa shape index (κ1) is 13.5. The van der Waals surface area contributed by atoms with E-state index >= 15 is 0 Å². The normalized spacial score (nSPS) is 18.8. The number of carbonyl (C=O) groups is 2. The van der Waals surface area contributed by atoms with Gasteiger partial charge in [-0.3, -0.25) is 9.59 Å². The van der Waals surface area contributed by atoms with E-state index in [9.17, 15) is 9.59 Å². The average molecular weight is 238 g/mol. The second kappa shape index (κ2) is 5.69. The topological polar surface area (TPSA) is 83.6 Å². The van der Waals surface area contributed by atoms with Crippen molar-refractivity contribution >= 4 is 11.8 Å². The second-order valence-corrected chi connectivity index (χ2v) is 4.38. The minimum Gasteiger partial charge on any atom is -0.481 e. The Hall–Kier alpha value is -1.54. The number of Topliss-reactive ketones (excluding diaryl/α,β-unsaturated/α-hetero) is 1. The molecule has 0 saturated carbocycles. The summed E-state index contributed by atoms with van der Waals surface area (Å²) in [5, 5.41) is 8.72. The molecule has 0 radical (unpaired) electrons. The molecule has 1 fully saturated rings. The van der Waals surface area contributed by atoms with Gasteiger partial charge in [0.1, 0.15) is 5.54 Å². The molecule has 1 aliphatic heterocycles. The van der Waals surface area contributed by atoms with Crippen LogP contribution in [0.3, 0.4) is 0 Å². The first-order valence-corrected chi connectivity index (χ1v) is 5.73. The highest BCUT2D eigenvalue weighted by Gasteiger charge is 2.31. The van der Waals surface area contributed by atoms with Crippen LogP contribution in [0.2, 0.25) is 0 Å². The molecule has 0 spiro atoms. The highest BCUT2D eigenvalue weighted by molar-refractivity contribution is 5.93. The summed E-state index contributed by atoms with van der Waals surface area (Å²) < 4.78 is 0. The number of rotatable bonds is 3. The van der Waals surface area contributed by atoms with Gasteiger partial charge >= 0.3 is 5.97 Å². The summed E-state index contributed by atoms with van der Waals surface area (Å²) in [7, 11) is 0. The Bertz CT molecular complexity index is 364. The van der Waals surface area contributed by atoms with Gasteiger partial charge in [0.2, 0.25) is 0 Å². The molecule has 5 nitrogen and oxygen atoms in total. The predicted molar refractivity (Wildman–Crippen MR) is 63.1 cm³/mol. The number of carboxylic acid groups (broad SMARTS) is 1.